The summed E-state index contributed by atoms with van der Waals surface area (Å²) in [5.41, 5.74) is 0.421. The number of rotatable bonds is 8. The lowest BCUT2D eigenvalue weighted by Crippen LogP contribution is -2.51. The van der Waals surface area contributed by atoms with Gasteiger partial charge in [-0.2, -0.15) is 11.8 Å². The van der Waals surface area contributed by atoms with Gasteiger partial charge in [-0.3, -0.25) is 9.10 Å². The maximum atomic E-state index is 13.4. The van der Waals surface area contributed by atoms with Gasteiger partial charge in [0.15, 0.2) is 6.10 Å². The highest BCUT2D eigenvalue weighted by Gasteiger charge is 2.37. The van der Waals surface area contributed by atoms with E-state index in [-0.39, 0.29) is 17.3 Å². The molecule has 2 aliphatic rings. The van der Waals surface area contributed by atoms with Gasteiger partial charge >= 0.3 is 0 Å². The molecule has 1 unspecified atom stereocenters. The number of benzene rings is 2. The van der Waals surface area contributed by atoms with Crippen LogP contribution in [0.1, 0.15) is 25.7 Å². The van der Waals surface area contributed by atoms with Gasteiger partial charge in [-0.05, 0) is 49.2 Å². The zero-order valence-electron chi connectivity index (χ0n) is 18.0. The van der Waals surface area contributed by atoms with Crippen molar-refractivity contribution in [1.82, 2.24) is 5.32 Å². The summed E-state index contributed by atoms with van der Waals surface area (Å²) < 4.78 is 39.1. The Bertz CT molecular complexity index is 1040. The Hall–Kier alpha value is -2.39. The number of nitrogens with one attached hydrogen (secondary N) is 1. The SMILES string of the molecule is COc1ccc(S(=O)(=O)N2CC(C(=O)NCCSC3CCCC3)Oc3ccccc32)cc1. The Kier molecular flexibility index (Phi) is 7.15. The van der Waals surface area contributed by atoms with E-state index in [1.54, 1.807) is 36.4 Å². The van der Waals surface area contributed by atoms with Crippen LogP contribution in [0.4, 0.5) is 5.69 Å². The first kappa shape index (κ1) is 22.8. The standard InChI is InChI=1S/C23H28N2O5S2/c1-29-17-10-12-19(13-11-17)32(27,28)25-16-22(30-21-9-5-4-8-20(21)25)23(26)24-14-15-31-18-6-2-3-7-18/h4-5,8-13,18,22H,2-3,6-7,14-16H2,1H3,(H,24,26). The van der Waals surface area contributed by atoms with Crippen molar-refractivity contribution in [3.8, 4) is 11.5 Å². The molecule has 172 valence electrons. The van der Waals surface area contributed by atoms with Gasteiger partial charge in [-0.1, -0.05) is 25.0 Å². The lowest BCUT2D eigenvalue weighted by Gasteiger charge is -2.34. The van der Waals surface area contributed by atoms with Gasteiger partial charge in [0.2, 0.25) is 0 Å². The largest absolute Gasteiger partial charge is 0.497 e. The summed E-state index contributed by atoms with van der Waals surface area (Å²) in [7, 11) is -2.36. The van der Waals surface area contributed by atoms with Crippen molar-refractivity contribution in [3.63, 3.8) is 0 Å². The van der Waals surface area contributed by atoms with Gasteiger partial charge < -0.3 is 14.8 Å². The van der Waals surface area contributed by atoms with Crippen LogP contribution in [-0.2, 0) is 14.8 Å². The van der Waals surface area contributed by atoms with Gasteiger partial charge in [0.05, 0.1) is 24.2 Å². The molecule has 4 rings (SSSR count). The number of nitrogens with zero attached hydrogens (tertiary/aromatic N) is 1. The van der Waals surface area contributed by atoms with Crippen LogP contribution in [0.5, 0.6) is 11.5 Å². The van der Waals surface area contributed by atoms with Crippen molar-refractivity contribution in [2.24, 2.45) is 0 Å². The highest BCUT2D eigenvalue weighted by Crippen LogP contribution is 2.37. The van der Waals surface area contributed by atoms with Crippen molar-refractivity contribution in [2.45, 2.75) is 41.9 Å². The van der Waals surface area contributed by atoms with Crippen LogP contribution in [0.15, 0.2) is 53.4 Å². The second-order valence-electron chi connectivity index (χ2n) is 7.85. The van der Waals surface area contributed by atoms with Crippen LogP contribution in [-0.4, -0.2) is 51.6 Å². The second kappa shape index (κ2) is 10.0. The normalized spacial score (nSPS) is 18.7. The molecule has 1 N–H and O–H groups in total. The summed E-state index contributed by atoms with van der Waals surface area (Å²) in [6.07, 6.45) is 4.16. The lowest BCUT2D eigenvalue weighted by molar-refractivity contribution is -0.127. The number of ether oxygens (including phenoxy) is 2. The van der Waals surface area contributed by atoms with E-state index in [0.29, 0.717) is 29.0 Å². The molecule has 32 heavy (non-hydrogen) atoms. The Balaban J connectivity index is 1.47. The van der Waals surface area contributed by atoms with E-state index < -0.39 is 16.1 Å². The van der Waals surface area contributed by atoms with Crippen LogP contribution < -0.4 is 19.1 Å². The van der Waals surface area contributed by atoms with Crippen LogP contribution in [0, 0.1) is 0 Å². The third-order valence-electron chi connectivity index (χ3n) is 5.73. The summed E-state index contributed by atoms with van der Waals surface area (Å²) in [6, 6.07) is 13.1. The minimum Gasteiger partial charge on any atom is -0.497 e. The second-order valence-corrected chi connectivity index (χ2v) is 11.1. The van der Waals surface area contributed by atoms with E-state index in [1.807, 2.05) is 11.8 Å². The molecule has 1 saturated carbocycles. The number of para-hydroxylation sites is 2. The Morgan fingerprint density at radius 2 is 1.88 bits per heavy atom. The molecule has 0 saturated heterocycles. The zero-order chi connectivity index (χ0) is 22.6. The van der Waals surface area contributed by atoms with Crippen molar-refractivity contribution in [1.29, 1.82) is 0 Å². The topological polar surface area (TPSA) is 84.9 Å². The Labute approximate surface area is 193 Å². The molecule has 1 aliphatic heterocycles. The Morgan fingerprint density at radius 1 is 1.16 bits per heavy atom. The molecule has 0 aromatic heterocycles. The van der Waals surface area contributed by atoms with E-state index in [0.717, 1.165) is 5.75 Å². The first-order valence-electron chi connectivity index (χ1n) is 10.8. The first-order chi connectivity index (χ1) is 15.5. The zero-order valence-corrected chi connectivity index (χ0v) is 19.7. The maximum Gasteiger partial charge on any atom is 0.264 e. The molecule has 7 nitrogen and oxygen atoms in total. The molecule has 0 bridgehead atoms. The predicted molar refractivity (Wildman–Crippen MR) is 126 cm³/mol. The van der Waals surface area contributed by atoms with E-state index in [9.17, 15) is 13.2 Å². The molecule has 1 aliphatic carbocycles. The average molecular weight is 477 g/mol. The fourth-order valence-electron chi connectivity index (χ4n) is 4.01. The predicted octanol–water partition coefficient (Wildman–Crippen LogP) is 3.44. The van der Waals surface area contributed by atoms with Gasteiger partial charge in [-0.25, -0.2) is 8.42 Å². The van der Waals surface area contributed by atoms with Crippen molar-refractivity contribution in [2.75, 3.05) is 30.3 Å². The highest BCUT2D eigenvalue weighted by molar-refractivity contribution is 7.99. The van der Waals surface area contributed by atoms with Crippen molar-refractivity contribution < 1.29 is 22.7 Å². The third kappa shape index (κ3) is 4.99. The van der Waals surface area contributed by atoms with E-state index in [1.165, 1.54) is 49.2 Å². The highest BCUT2D eigenvalue weighted by atomic mass is 32.2. The number of fused-ring (bicyclic) bond motifs is 1. The van der Waals surface area contributed by atoms with Gasteiger partial charge in [0.25, 0.3) is 15.9 Å². The monoisotopic (exact) mass is 476 g/mol. The van der Waals surface area contributed by atoms with Gasteiger partial charge in [0.1, 0.15) is 11.5 Å². The molecular weight excluding hydrogens is 448 g/mol. The third-order valence-corrected chi connectivity index (χ3v) is 8.91. The number of carbonyl (C=O) groups is 1. The molecule has 0 radical (unpaired) electrons. The number of amides is 1. The quantitative estimate of drug-likeness (QED) is 0.588. The molecule has 2 aromatic rings. The van der Waals surface area contributed by atoms with E-state index in [2.05, 4.69) is 5.32 Å². The number of methoxy groups -OCH3 is 1. The summed E-state index contributed by atoms with van der Waals surface area (Å²) in [5.74, 6) is 1.48. The van der Waals surface area contributed by atoms with Crippen LogP contribution in [0.2, 0.25) is 0 Å². The van der Waals surface area contributed by atoms with Crippen LogP contribution in [0.25, 0.3) is 0 Å². The fraction of sp³-hybridized carbons (Fsp3) is 0.435. The summed E-state index contributed by atoms with van der Waals surface area (Å²) in [4.78, 5) is 12.9. The van der Waals surface area contributed by atoms with Crippen LogP contribution in [0.3, 0.4) is 0 Å². The number of carbonyl (C=O) groups excluding carboxylic acids is 1. The van der Waals surface area contributed by atoms with E-state index in [4.69, 9.17) is 9.47 Å². The van der Waals surface area contributed by atoms with Crippen molar-refractivity contribution >= 4 is 33.4 Å². The number of anilines is 1. The summed E-state index contributed by atoms with van der Waals surface area (Å²) in [6.45, 7) is 0.444. The molecule has 1 heterocycles. The molecule has 0 spiro atoms. The minimum atomic E-state index is -3.89. The molecule has 1 amide bonds. The number of hydrogen-bond acceptors (Lipinski definition) is 6. The summed E-state index contributed by atoms with van der Waals surface area (Å²) in [5, 5.41) is 3.60. The number of sulfonamides is 1. The van der Waals surface area contributed by atoms with Gasteiger partial charge in [0, 0.05) is 17.5 Å². The lowest BCUT2D eigenvalue weighted by atomic mass is 10.2. The average Bonchev–Trinajstić information content (AvgIpc) is 3.34. The molecule has 1 fully saturated rings. The number of hydrogen-bond donors (Lipinski definition) is 1. The molecule has 9 heteroatoms. The smallest absolute Gasteiger partial charge is 0.264 e. The Morgan fingerprint density at radius 3 is 2.59 bits per heavy atom. The van der Waals surface area contributed by atoms with E-state index >= 15 is 0 Å². The van der Waals surface area contributed by atoms with Crippen LogP contribution >= 0.6 is 11.8 Å². The molecular formula is C23H28N2O5S2. The van der Waals surface area contributed by atoms with Crippen molar-refractivity contribution in [3.05, 3.63) is 48.5 Å². The summed E-state index contributed by atoms with van der Waals surface area (Å²) >= 11 is 1.89. The number of thioether (sulfide) groups is 1. The molecule has 1 atom stereocenters. The fourth-order valence-corrected chi connectivity index (χ4v) is 6.71. The minimum absolute atomic E-state index is 0.0903. The molecule has 2 aromatic carbocycles. The first-order valence-corrected chi connectivity index (χ1v) is 13.3. The van der Waals surface area contributed by atoms with Gasteiger partial charge in [-0.15, -0.1) is 0 Å². The maximum absolute atomic E-state index is 13.4.